The van der Waals surface area contributed by atoms with Crippen LogP contribution in [0, 0.1) is 0 Å². The van der Waals surface area contributed by atoms with Crippen molar-refractivity contribution in [2.45, 2.75) is 19.0 Å². The topological polar surface area (TPSA) is 73.1 Å². The smallest absolute Gasteiger partial charge is 0.144 e. The van der Waals surface area contributed by atoms with Gasteiger partial charge in [0.2, 0.25) is 0 Å². The SMILES string of the molecule is COCC[C@H](NCc1nccc(N)n1)c1ccc(Cl)c(Cl)c1. The van der Waals surface area contributed by atoms with Gasteiger partial charge in [-0.15, -0.1) is 0 Å². The molecule has 1 aromatic carbocycles. The molecule has 0 amide bonds. The predicted octanol–water partition coefficient (Wildman–Crippen LogP) is 3.23. The number of hydrogen-bond acceptors (Lipinski definition) is 5. The molecule has 0 radical (unpaired) electrons. The van der Waals surface area contributed by atoms with Crippen molar-refractivity contribution < 1.29 is 4.74 Å². The number of rotatable bonds is 7. The average molecular weight is 341 g/mol. The zero-order valence-corrected chi connectivity index (χ0v) is 13.7. The summed E-state index contributed by atoms with van der Waals surface area (Å²) in [6, 6.07) is 7.31. The van der Waals surface area contributed by atoms with Gasteiger partial charge >= 0.3 is 0 Å². The molecule has 7 heteroatoms. The summed E-state index contributed by atoms with van der Waals surface area (Å²) in [7, 11) is 1.67. The minimum Gasteiger partial charge on any atom is -0.385 e. The predicted molar refractivity (Wildman–Crippen MR) is 89.0 cm³/mol. The zero-order valence-electron chi connectivity index (χ0n) is 12.2. The lowest BCUT2D eigenvalue weighted by atomic mass is 10.0. The highest BCUT2D eigenvalue weighted by Gasteiger charge is 2.13. The molecule has 0 spiro atoms. The fraction of sp³-hybridized carbons (Fsp3) is 0.333. The molecule has 0 aliphatic rings. The first kappa shape index (κ1) is 17.0. The number of anilines is 1. The molecule has 0 unspecified atom stereocenters. The van der Waals surface area contributed by atoms with Crippen LogP contribution in [0.3, 0.4) is 0 Å². The van der Waals surface area contributed by atoms with Crippen LogP contribution in [0.1, 0.15) is 23.9 Å². The van der Waals surface area contributed by atoms with Gasteiger partial charge < -0.3 is 15.8 Å². The molecular weight excluding hydrogens is 323 g/mol. The summed E-state index contributed by atoms with van der Waals surface area (Å²) >= 11 is 12.1. The number of halogens is 2. The normalized spacial score (nSPS) is 12.3. The van der Waals surface area contributed by atoms with Crippen LogP contribution in [0.25, 0.3) is 0 Å². The van der Waals surface area contributed by atoms with Crippen LogP contribution in [0.5, 0.6) is 0 Å². The van der Waals surface area contributed by atoms with Crippen molar-refractivity contribution in [1.82, 2.24) is 15.3 Å². The van der Waals surface area contributed by atoms with Gasteiger partial charge in [-0.25, -0.2) is 9.97 Å². The van der Waals surface area contributed by atoms with Crippen molar-refractivity contribution in [3.05, 3.63) is 51.9 Å². The Labute approximate surface area is 139 Å². The maximum absolute atomic E-state index is 6.10. The number of aromatic nitrogens is 2. The second-order valence-electron chi connectivity index (χ2n) is 4.79. The Morgan fingerprint density at radius 1 is 1.27 bits per heavy atom. The molecule has 2 aromatic rings. The second-order valence-corrected chi connectivity index (χ2v) is 5.60. The summed E-state index contributed by atoms with van der Waals surface area (Å²) in [4.78, 5) is 8.36. The van der Waals surface area contributed by atoms with Crippen LogP contribution in [-0.2, 0) is 11.3 Å². The monoisotopic (exact) mass is 340 g/mol. The molecule has 1 atom stereocenters. The molecule has 0 fully saturated rings. The van der Waals surface area contributed by atoms with Gasteiger partial charge in [0, 0.05) is 26.0 Å². The minimum atomic E-state index is 0.0553. The Morgan fingerprint density at radius 3 is 2.77 bits per heavy atom. The largest absolute Gasteiger partial charge is 0.385 e. The fourth-order valence-corrected chi connectivity index (χ4v) is 2.37. The maximum atomic E-state index is 6.10. The Balaban J connectivity index is 2.10. The zero-order chi connectivity index (χ0) is 15.9. The number of nitrogen functional groups attached to an aromatic ring is 1. The van der Waals surface area contributed by atoms with Crippen molar-refractivity contribution in [3.63, 3.8) is 0 Å². The Bertz CT molecular complexity index is 624. The molecule has 3 N–H and O–H groups in total. The minimum absolute atomic E-state index is 0.0553. The van der Waals surface area contributed by atoms with Crippen LogP contribution in [-0.4, -0.2) is 23.7 Å². The summed E-state index contributed by atoms with van der Waals surface area (Å²) < 4.78 is 5.17. The first-order valence-electron chi connectivity index (χ1n) is 6.85. The highest BCUT2D eigenvalue weighted by Crippen LogP contribution is 2.27. The molecule has 0 bridgehead atoms. The number of nitrogens with two attached hydrogens (primary N) is 1. The number of nitrogens with one attached hydrogen (secondary N) is 1. The molecule has 2 rings (SSSR count). The Kier molecular flexibility index (Phi) is 6.39. The van der Waals surface area contributed by atoms with Crippen LogP contribution >= 0.6 is 23.2 Å². The molecule has 0 saturated heterocycles. The van der Waals surface area contributed by atoms with Crippen molar-refractivity contribution in [2.75, 3.05) is 19.5 Å². The number of hydrogen-bond donors (Lipinski definition) is 2. The first-order chi connectivity index (χ1) is 10.6. The Hall–Kier alpha value is -1.40. The average Bonchev–Trinajstić information content (AvgIpc) is 2.50. The van der Waals surface area contributed by atoms with Crippen LogP contribution in [0.15, 0.2) is 30.5 Å². The van der Waals surface area contributed by atoms with Gasteiger partial charge in [-0.2, -0.15) is 0 Å². The van der Waals surface area contributed by atoms with E-state index in [1.54, 1.807) is 25.4 Å². The van der Waals surface area contributed by atoms with Gasteiger partial charge in [-0.05, 0) is 30.2 Å². The molecule has 1 heterocycles. The summed E-state index contributed by atoms with van der Waals surface area (Å²) in [5.41, 5.74) is 6.70. The van der Waals surface area contributed by atoms with Crippen molar-refractivity contribution >= 4 is 29.0 Å². The maximum Gasteiger partial charge on any atom is 0.144 e. The molecule has 0 aliphatic heterocycles. The third kappa shape index (κ3) is 4.81. The number of ether oxygens (including phenoxy) is 1. The van der Waals surface area contributed by atoms with Crippen LogP contribution in [0.2, 0.25) is 10.0 Å². The van der Waals surface area contributed by atoms with Crippen molar-refractivity contribution in [1.29, 1.82) is 0 Å². The van der Waals surface area contributed by atoms with Gasteiger partial charge in [-0.3, -0.25) is 0 Å². The summed E-state index contributed by atoms with van der Waals surface area (Å²) in [5.74, 6) is 1.09. The molecule has 22 heavy (non-hydrogen) atoms. The molecular formula is C15H18Cl2N4O. The van der Waals surface area contributed by atoms with Crippen LogP contribution < -0.4 is 11.1 Å². The number of nitrogens with zero attached hydrogens (tertiary/aromatic N) is 2. The molecule has 0 aliphatic carbocycles. The summed E-state index contributed by atoms with van der Waals surface area (Å²) in [5, 5.41) is 4.47. The van der Waals surface area contributed by atoms with Crippen molar-refractivity contribution in [3.8, 4) is 0 Å². The third-order valence-electron chi connectivity index (χ3n) is 3.19. The third-order valence-corrected chi connectivity index (χ3v) is 3.93. The van der Waals surface area contributed by atoms with Gasteiger partial charge in [0.25, 0.3) is 0 Å². The lowest BCUT2D eigenvalue weighted by Crippen LogP contribution is -2.23. The van der Waals surface area contributed by atoms with Gasteiger partial charge in [-0.1, -0.05) is 29.3 Å². The van der Waals surface area contributed by atoms with E-state index in [0.717, 1.165) is 12.0 Å². The van der Waals surface area contributed by atoms with E-state index in [4.69, 9.17) is 33.7 Å². The van der Waals surface area contributed by atoms with E-state index in [0.29, 0.717) is 34.8 Å². The molecule has 1 aromatic heterocycles. The first-order valence-corrected chi connectivity index (χ1v) is 7.60. The van der Waals surface area contributed by atoms with E-state index in [1.165, 1.54) is 0 Å². The number of methoxy groups -OCH3 is 1. The lowest BCUT2D eigenvalue weighted by Gasteiger charge is -2.19. The van der Waals surface area contributed by atoms with E-state index in [1.807, 2.05) is 12.1 Å². The van der Waals surface area contributed by atoms with Crippen molar-refractivity contribution in [2.24, 2.45) is 0 Å². The quantitative estimate of drug-likeness (QED) is 0.809. The van der Waals surface area contributed by atoms with Gasteiger partial charge in [0.15, 0.2) is 0 Å². The van der Waals surface area contributed by atoms with Crippen LogP contribution in [0.4, 0.5) is 5.82 Å². The summed E-state index contributed by atoms with van der Waals surface area (Å²) in [6.45, 7) is 1.12. The number of benzene rings is 1. The van der Waals surface area contributed by atoms with E-state index in [-0.39, 0.29) is 6.04 Å². The van der Waals surface area contributed by atoms with E-state index in [9.17, 15) is 0 Å². The van der Waals surface area contributed by atoms with Gasteiger partial charge in [0.1, 0.15) is 11.6 Å². The highest BCUT2D eigenvalue weighted by molar-refractivity contribution is 6.42. The standard InChI is InChI=1S/C15H18Cl2N4O/c1-22-7-5-13(10-2-3-11(16)12(17)8-10)20-9-15-19-6-4-14(18)21-15/h2-4,6,8,13,20H,5,7,9H2,1H3,(H2,18,19,21)/t13-/m0/s1. The molecule has 5 nitrogen and oxygen atoms in total. The van der Waals surface area contributed by atoms with E-state index >= 15 is 0 Å². The van der Waals surface area contributed by atoms with Gasteiger partial charge in [0.05, 0.1) is 16.6 Å². The van der Waals surface area contributed by atoms with E-state index in [2.05, 4.69) is 15.3 Å². The second kappa shape index (κ2) is 8.29. The fourth-order valence-electron chi connectivity index (χ4n) is 2.07. The summed E-state index contributed by atoms with van der Waals surface area (Å²) in [6.07, 6.45) is 2.43. The van der Waals surface area contributed by atoms with E-state index < -0.39 is 0 Å². The molecule has 0 saturated carbocycles. The lowest BCUT2D eigenvalue weighted by molar-refractivity contribution is 0.182. The highest BCUT2D eigenvalue weighted by atomic mass is 35.5. The molecule has 118 valence electrons. The Morgan fingerprint density at radius 2 is 2.09 bits per heavy atom.